The predicted octanol–water partition coefficient (Wildman–Crippen LogP) is 6.49. The fraction of sp³-hybridized carbons (Fsp3) is 0.692. The van der Waals surface area contributed by atoms with Crippen LogP contribution < -0.4 is 0 Å². The molecule has 1 rings (SSSR count). The summed E-state index contributed by atoms with van der Waals surface area (Å²) >= 11 is 0. The van der Waals surface area contributed by atoms with Crippen molar-refractivity contribution in [2.24, 2.45) is 9.98 Å². The Morgan fingerprint density at radius 1 is 0.600 bits per heavy atom. The number of benzene rings is 1. The highest BCUT2D eigenvalue weighted by atomic mass is 16.5. The fourth-order valence-electron chi connectivity index (χ4n) is 2.51. The van der Waals surface area contributed by atoms with Gasteiger partial charge in [-0.3, -0.25) is 9.98 Å². The molecule has 0 atom stereocenters. The molecule has 0 saturated carbocycles. The van der Waals surface area contributed by atoms with E-state index in [-0.39, 0.29) is 22.3 Å². The van der Waals surface area contributed by atoms with Gasteiger partial charge in [-0.05, 0) is 93.2 Å². The lowest BCUT2D eigenvalue weighted by Crippen LogP contribution is -2.25. The van der Waals surface area contributed by atoms with Crippen molar-refractivity contribution in [3.8, 4) is 0 Å². The van der Waals surface area contributed by atoms with Crippen LogP contribution in [0.15, 0.2) is 34.3 Å². The molecule has 1 aromatic rings. The molecule has 0 spiro atoms. The van der Waals surface area contributed by atoms with Gasteiger partial charge in [-0.25, -0.2) is 0 Å². The van der Waals surface area contributed by atoms with Gasteiger partial charge in [0.15, 0.2) is 0 Å². The largest absolute Gasteiger partial charge is 0.376 e. The van der Waals surface area contributed by atoms with Crippen molar-refractivity contribution in [1.29, 1.82) is 0 Å². The Labute approximate surface area is 185 Å². The highest BCUT2D eigenvalue weighted by molar-refractivity contribution is 5.84. The van der Waals surface area contributed by atoms with Gasteiger partial charge < -0.3 is 9.47 Å². The van der Waals surface area contributed by atoms with E-state index in [2.05, 4.69) is 93.5 Å². The first-order chi connectivity index (χ1) is 13.6. The van der Waals surface area contributed by atoms with Gasteiger partial charge in [-0.15, -0.1) is 0 Å². The predicted molar refractivity (Wildman–Crippen MR) is 130 cm³/mol. The molecule has 0 aliphatic carbocycles. The SMILES string of the molecule is CC(C)(CCOC(C)(C)C)/N=C/c1ccc(/C=N/C(C)(C)CCOC(C)(C)C)cc1. The Morgan fingerprint density at radius 3 is 1.17 bits per heavy atom. The third kappa shape index (κ3) is 12.9. The van der Waals surface area contributed by atoms with Crippen molar-refractivity contribution in [2.75, 3.05) is 13.2 Å². The van der Waals surface area contributed by atoms with E-state index in [0.29, 0.717) is 13.2 Å². The van der Waals surface area contributed by atoms with Crippen LogP contribution in [0.3, 0.4) is 0 Å². The van der Waals surface area contributed by atoms with E-state index in [1.54, 1.807) is 0 Å². The molecule has 0 fully saturated rings. The first-order valence-corrected chi connectivity index (χ1v) is 11.1. The number of ether oxygens (including phenoxy) is 2. The monoisotopic (exact) mass is 416 g/mol. The van der Waals surface area contributed by atoms with Gasteiger partial charge in [0.1, 0.15) is 0 Å². The summed E-state index contributed by atoms with van der Waals surface area (Å²) in [5.41, 5.74) is 1.68. The van der Waals surface area contributed by atoms with Gasteiger partial charge in [0, 0.05) is 25.6 Å². The van der Waals surface area contributed by atoms with Crippen LogP contribution >= 0.6 is 0 Å². The average Bonchev–Trinajstić information content (AvgIpc) is 2.56. The zero-order valence-electron chi connectivity index (χ0n) is 21.0. The molecular weight excluding hydrogens is 372 g/mol. The second kappa shape index (κ2) is 10.7. The Bertz CT molecular complexity index is 626. The summed E-state index contributed by atoms with van der Waals surface area (Å²) in [5, 5.41) is 0. The molecule has 0 radical (unpaired) electrons. The molecule has 0 N–H and O–H groups in total. The van der Waals surface area contributed by atoms with Crippen LogP contribution in [-0.2, 0) is 9.47 Å². The molecule has 1 aromatic carbocycles. The minimum absolute atomic E-state index is 0.106. The molecule has 0 aliphatic heterocycles. The zero-order valence-corrected chi connectivity index (χ0v) is 21.0. The smallest absolute Gasteiger partial charge is 0.0598 e. The summed E-state index contributed by atoms with van der Waals surface area (Å²) < 4.78 is 11.7. The van der Waals surface area contributed by atoms with Crippen molar-refractivity contribution < 1.29 is 9.47 Å². The van der Waals surface area contributed by atoms with Gasteiger partial charge in [-0.2, -0.15) is 0 Å². The summed E-state index contributed by atoms with van der Waals surface area (Å²) in [7, 11) is 0. The summed E-state index contributed by atoms with van der Waals surface area (Å²) in [6, 6.07) is 8.34. The third-order valence-corrected chi connectivity index (χ3v) is 4.56. The standard InChI is InChI=1S/C26H44N2O2/c1-23(2,3)29-17-15-25(7,8)27-19-21-11-13-22(14-12-21)20-28-26(9,10)16-18-30-24(4,5)6/h11-14,19-20H,15-18H2,1-10H3/b27-19+,28-20+. The maximum atomic E-state index is 5.83. The van der Waals surface area contributed by atoms with E-state index in [0.717, 1.165) is 24.0 Å². The molecule has 0 amide bonds. The average molecular weight is 417 g/mol. The lowest BCUT2D eigenvalue weighted by Gasteiger charge is -2.24. The lowest BCUT2D eigenvalue weighted by molar-refractivity contribution is -0.00971. The highest BCUT2D eigenvalue weighted by Crippen LogP contribution is 2.18. The number of rotatable bonds is 10. The van der Waals surface area contributed by atoms with E-state index in [4.69, 9.17) is 19.5 Å². The Balaban J connectivity index is 2.59. The zero-order chi connectivity index (χ0) is 23.1. The maximum Gasteiger partial charge on any atom is 0.0598 e. The molecule has 0 saturated heterocycles. The summed E-state index contributed by atoms with van der Waals surface area (Å²) in [5.74, 6) is 0. The molecular formula is C26H44N2O2. The van der Waals surface area contributed by atoms with Gasteiger partial charge >= 0.3 is 0 Å². The summed E-state index contributed by atoms with van der Waals surface area (Å²) in [6.45, 7) is 22.4. The lowest BCUT2D eigenvalue weighted by atomic mass is 10.0. The van der Waals surface area contributed by atoms with Crippen LogP contribution in [0.4, 0.5) is 0 Å². The Hall–Kier alpha value is -1.52. The Kier molecular flexibility index (Phi) is 9.44. The number of aliphatic imine (C=N–C) groups is 2. The number of nitrogens with zero attached hydrogens (tertiary/aromatic N) is 2. The van der Waals surface area contributed by atoms with Gasteiger partial charge in [0.25, 0.3) is 0 Å². The molecule has 0 aliphatic rings. The van der Waals surface area contributed by atoms with Crippen LogP contribution in [0.5, 0.6) is 0 Å². The molecule has 0 aromatic heterocycles. The van der Waals surface area contributed by atoms with Gasteiger partial charge in [-0.1, -0.05) is 24.3 Å². The Morgan fingerprint density at radius 2 is 0.900 bits per heavy atom. The molecule has 0 heterocycles. The minimum atomic E-state index is -0.148. The molecule has 0 bridgehead atoms. The molecule has 170 valence electrons. The van der Waals surface area contributed by atoms with Crippen LogP contribution in [0.25, 0.3) is 0 Å². The molecule has 0 unspecified atom stereocenters. The van der Waals surface area contributed by atoms with E-state index >= 15 is 0 Å². The summed E-state index contributed by atoms with van der Waals surface area (Å²) in [6.07, 6.45) is 5.68. The minimum Gasteiger partial charge on any atom is -0.376 e. The highest BCUT2D eigenvalue weighted by Gasteiger charge is 2.19. The molecule has 4 nitrogen and oxygen atoms in total. The second-order valence-corrected chi connectivity index (χ2v) is 11.2. The van der Waals surface area contributed by atoms with Crippen molar-refractivity contribution in [3.63, 3.8) is 0 Å². The van der Waals surface area contributed by atoms with Gasteiger partial charge in [0.05, 0.1) is 22.3 Å². The topological polar surface area (TPSA) is 43.2 Å². The van der Waals surface area contributed by atoms with Gasteiger partial charge in [0.2, 0.25) is 0 Å². The van der Waals surface area contributed by atoms with E-state index < -0.39 is 0 Å². The second-order valence-electron chi connectivity index (χ2n) is 11.2. The maximum absolute atomic E-state index is 5.83. The molecule has 30 heavy (non-hydrogen) atoms. The summed E-state index contributed by atoms with van der Waals surface area (Å²) in [4.78, 5) is 9.52. The van der Waals surface area contributed by atoms with E-state index in [1.807, 2.05) is 12.4 Å². The van der Waals surface area contributed by atoms with E-state index in [1.165, 1.54) is 0 Å². The third-order valence-electron chi connectivity index (χ3n) is 4.56. The van der Waals surface area contributed by atoms with Crippen LogP contribution in [-0.4, -0.2) is 47.9 Å². The van der Waals surface area contributed by atoms with Crippen LogP contribution in [0.1, 0.15) is 93.2 Å². The first kappa shape index (κ1) is 26.5. The number of hydrogen-bond donors (Lipinski definition) is 0. The van der Waals surface area contributed by atoms with Crippen molar-refractivity contribution in [3.05, 3.63) is 35.4 Å². The number of hydrogen-bond acceptors (Lipinski definition) is 4. The quantitative estimate of drug-likeness (QED) is 0.409. The van der Waals surface area contributed by atoms with Crippen molar-refractivity contribution in [2.45, 2.75) is 104 Å². The van der Waals surface area contributed by atoms with Crippen molar-refractivity contribution >= 4 is 12.4 Å². The van der Waals surface area contributed by atoms with Crippen LogP contribution in [0, 0.1) is 0 Å². The normalized spacial score (nSPS) is 14.2. The van der Waals surface area contributed by atoms with Crippen molar-refractivity contribution in [1.82, 2.24) is 0 Å². The first-order valence-electron chi connectivity index (χ1n) is 11.1. The van der Waals surface area contributed by atoms with E-state index in [9.17, 15) is 0 Å². The fourth-order valence-corrected chi connectivity index (χ4v) is 2.51. The molecule has 4 heteroatoms. The van der Waals surface area contributed by atoms with Crippen LogP contribution in [0.2, 0.25) is 0 Å².